The third-order valence-corrected chi connectivity index (χ3v) is 3.98. The van der Waals surface area contributed by atoms with Gasteiger partial charge in [0.05, 0.1) is 6.61 Å². The SMILES string of the molecule is CCSc1cccc(N(CC)CCOC)c1C(N)=S. The summed E-state index contributed by atoms with van der Waals surface area (Å²) in [5, 5.41) is 0. The molecule has 0 amide bonds. The predicted octanol–water partition coefficient (Wildman–Crippen LogP) is 2.91. The zero-order valence-electron chi connectivity index (χ0n) is 11.8. The Morgan fingerprint density at radius 3 is 2.68 bits per heavy atom. The minimum absolute atomic E-state index is 0.461. The lowest BCUT2D eigenvalue weighted by Gasteiger charge is -2.26. The fourth-order valence-corrected chi connectivity index (χ4v) is 3.08. The van der Waals surface area contributed by atoms with E-state index in [2.05, 4.69) is 36.9 Å². The summed E-state index contributed by atoms with van der Waals surface area (Å²) in [6.45, 7) is 6.68. The lowest BCUT2D eigenvalue weighted by Crippen LogP contribution is -2.29. The predicted molar refractivity (Wildman–Crippen MR) is 88.5 cm³/mol. The van der Waals surface area contributed by atoms with Gasteiger partial charge >= 0.3 is 0 Å². The maximum absolute atomic E-state index is 5.93. The molecular formula is C14H22N2OS2. The third kappa shape index (κ3) is 4.37. The van der Waals surface area contributed by atoms with E-state index in [1.54, 1.807) is 18.9 Å². The van der Waals surface area contributed by atoms with Crippen molar-refractivity contribution in [3.8, 4) is 0 Å². The number of nitrogens with two attached hydrogens (primary N) is 1. The van der Waals surface area contributed by atoms with Crippen LogP contribution >= 0.6 is 24.0 Å². The van der Waals surface area contributed by atoms with Crippen LogP contribution in [0.15, 0.2) is 23.1 Å². The molecule has 3 nitrogen and oxygen atoms in total. The lowest BCUT2D eigenvalue weighted by molar-refractivity contribution is 0.205. The molecule has 19 heavy (non-hydrogen) atoms. The van der Waals surface area contributed by atoms with Gasteiger partial charge in [-0.3, -0.25) is 0 Å². The van der Waals surface area contributed by atoms with Crippen LogP contribution in [-0.4, -0.2) is 37.5 Å². The van der Waals surface area contributed by atoms with Gasteiger partial charge in [-0.25, -0.2) is 0 Å². The van der Waals surface area contributed by atoms with Crippen LogP contribution in [0.4, 0.5) is 5.69 Å². The number of thioether (sulfide) groups is 1. The van der Waals surface area contributed by atoms with Gasteiger partial charge in [0, 0.05) is 36.3 Å². The molecule has 5 heteroatoms. The Morgan fingerprint density at radius 1 is 1.42 bits per heavy atom. The van der Waals surface area contributed by atoms with Gasteiger partial charge in [0.15, 0.2) is 0 Å². The number of thiocarbonyl (C=S) groups is 1. The molecule has 0 heterocycles. The Hall–Kier alpha value is -0.780. The maximum atomic E-state index is 5.93. The molecule has 0 aliphatic carbocycles. The van der Waals surface area contributed by atoms with Crippen LogP contribution in [0, 0.1) is 0 Å². The molecule has 0 aromatic heterocycles. The molecule has 0 bridgehead atoms. The largest absolute Gasteiger partial charge is 0.389 e. The van der Waals surface area contributed by atoms with Crippen molar-refractivity contribution in [2.75, 3.05) is 37.5 Å². The van der Waals surface area contributed by atoms with Crippen LogP contribution < -0.4 is 10.6 Å². The average Bonchev–Trinajstić information content (AvgIpc) is 2.40. The van der Waals surface area contributed by atoms with Crippen LogP contribution in [-0.2, 0) is 4.74 Å². The van der Waals surface area contributed by atoms with Crippen molar-refractivity contribution < 1.29 is 4.74 Å². The van der Waals surface area contributed by atoms with Crippen LogP contribution in [0.3, 0.4) is 0 Å². The number of likely N-dealkylation sites (N-methyl/N-ethyl adjacent to an activating group) is 1. The lowest BCUT2D eigenvalue weighted by atomic mass is 10.1. The van der Waals surface area contributed by atoms with Gasteiger partial charge in [0.25, 0.3) is 0 Å². The summed E-state index contributed by atoms with van der Waals surface area (Å²) in [6, 6.07) is 6.22. The first-order chi connectivity index (χ1) is 9.15. The summed E-state index contributed by atoms with van der Waals surface area (Å²) in [5.74, 6) is 1.00. The first kappa shape index (κ1) is 16.3. The average molecular weight is 298 g/mol. The highest BCUT2D eigenvalue weighted by molar-refractivity contribution is 7.99. The zero-order chi connectivity index (χ0) is 14.3. The van der Waals surface area contributed by atoms with E-state index in [-0.39, 0.29) is 0 Å². The summed E-state index contributed by atoms with van der Waals surface area (Å²) in [4.78, 5) is 3.86. The molecule has 0 unspecified atom stereocenters. The number of hydrogen-bond acceptors (Lipinski definition) is 4. The van der Waals surface area contributed by atoms with Gasteiger partial charge in [-0.1, -0.05) is 25.2 Å². The molecular weight excluding hydrogens is 276 g/mol. The number of nitrogens with zero attached hydrogens (tertiary/aromatic N) is 1. The van der Waals surface area contributed by atoms with Crippen molar-refractivity contribution in [3.05, 3.63) is 23.8 Å². The summed E-state index contributed by atoms with van der Waals surface area (Å²) < 4.78 is 5.16. The first-order valence-electron chi connectivity index (χ1n) is 6.45. The highest BCUT2D eigenvalue weighted by Gasteiger charge is 2.15. The Labute approximate surface area is 125 Å². The summed E-state index contributed by atoms with van der Waals surface area (Å²) in [6.07, 6.45) is 0. The van der Waals surface area contributed by atoms with E-state index in [0.29, 0.717) is 11.6 Å². The van der Waals surface area contributed by atoms with E-state index < -0.39 is 0 Å². The summed E-state index contributed by atoms with van der Waals surface area (Å²) >= 11 is 7.01. The molecule has 0 saturated carbocycles. The zero-order valence-corrected chi connectivity index (χ0v) is 13.4. The molecule has 1 rings (SSSR count). The Morgan fingerprint density at radius 2 is 2.16 bits per heavy atom. The van der Waals surface area contributed by atoms with E-state index in [9.17, 15) is 0 Å². The molecule has 0 aliphatic heterocycles. The van der Waals surface area contributed by atoms with Gasteiger partial charge in [-0.2, -0.15) is 0 Å². The summed E-state index contributed by atoms with van der Waals surface area (Å²) in [5.41, 5.74) is 8.02. The fraction of sp³-hybridized carbons (Fsp3) is 0.500. The molecule has 0 saturated heterocycles. The van der Waals surface area contributed by atoms with Crippen molar-refractivity contribution in [2.45, 2.75) is 18.7 Å². The molecule has 1 aromatic rings. The van der Waals surface area contributed by atoms with Crippen LogP contribution in [0.2, 0.25) is 0 Å². The molecule has 2 N–H and O–H groups in total. The second-order valence-corrected chi connectivity index (χ2v) is 5.77. The number of rotatable bonds is 8. The van der Waals surface area contributed by atoms with Gasteiger partial charge in [-0.15, -0.1) is 11.8 Å². The molecule has 0 radical (unpaired) electrons. The normalized spacial score (nSPS) is 10.5. The Bertz CT molecular complexity index is 424. The Balaban J connectivity index is 3.16. The van der Waals surface area contributed by atoms with Gasteiger partial charge in [-0.05, 0) is 24.8 Å². The number of benzene rings is 1. The molecule has 1 aromatic carbocycles. The van der Waals surface area contributed by atoms with Gasteiger partial charge < -0.3 is 15.4 Å². The van der Waals surface area contributed by atoms with Crippen molar-refractivity contribution in [3.63, 3.8) is 0 Å². The van der Waals surface area contributed by atoms with Gasteiger partial charge in [0.2, 0.25) is 0 Å². The molecule has 0 spiro atoms. The van der Waals surface area contributed by atoms with Crippen molar-refractivity contribution in [2.24, 2.45) is 5.73 Å². The highest BCUT2D eigenvalue weighted by atomic mass is 32.2. The van der Waals surface area contributed by atoms with Crippen LogP contribution in [0.5, 0.6) is 0 Å². The minimum Gasteiger partial charge on any atom is -0.389 e. The second-order valence-electron chi connectivity index (χ2n) is 4.02. The topological polar surface area (TPSA) is 38.5 Å². The molecule has 0 aliphatic rings. The smallest absolute Gasteiger partial charge is 0.107 e. The number of anilines is 1. The first-order valence-corrected chi connectivity index (χ1v) is 7.84. The van der Waals surface area contributed by atoms with E-state index >= 15 is 0 Å². The molecule has 0 fully saturated rings. The molecule has 106 valence electrons. The Kier molecular flexibility index (Phi) is 7.20. The standard InChI is InChI=1S/C14H22N2OS2/c1-4-16(9-10-17-3)11-7-6-8-12(19-5-2)13(11)14(15)18/h6-8H,4-5,9-10H2,1-3H3,(H2,15,18). The van der Waals surface area contributed by atoms with Crippen molar-refractivity contribution in [1.29, 1.82) is 0 Å². The maximum Gasteiger partial charge on any atom is 0.107 e. The number of ether oxygens (including phenoxy) is 1. The van der Waals surface area contributed by atoms with Crippen molar-refractivity contribution in [1.82, 2.24) is 0 Å². The van der Waals surface area contributed by atoms with Gasteiger partial charge in [0.1, 0.15) is 4.99 Å². The quantitative estimate of drug-likeness (QED) is 0.590. The second kappa shape index (κ2) is 8.40. The van der Waals surface area contributed by atoms with Crippen molar-refractivity contribution >= 4 is 34.7 Å². The van der Waals surface area contributed by atoms with E-state index in [1.807, 2.05) is 0 Å². The fourth-order valence-electron chi connectivity index (χ4n) is 1.96. The van der Waals surface area contributed by atoms with E-state index in [1.165, 1.54) is 0 Å². The number of hydrogen-bond donors (Lipinski definition) is 1. The monoisotopic (exact) mass is 298 g/mol. The summed E-state index contributed by atoms with van der Waals surface area (Å²) in [7, 11) is 1.71. The third-order valence-electron chi connectivity index (χ3n) is 2.84. The highest BCUT2D eigenvalue weighted by Crippen LogP contribution is 2.30. The van der Waals surface area contributed by atoms with E-state index in [0.717, 1.165) is 35.0 Å². The molecule has 0 atom stereocenters. The number of methoxy groups -OCH3 is 1. The minimum atomic E-state index is 0.461. The van der Waals surface area contributed by atoms with E-state index in [4.69, 9.17) is 22.7 Å². The van der Waals surface area contributed by atoms with Crippen LogP contribution in [0.25, 0.3) is 0 Å². The van der Waals surface area contributed by atoms with Crippen LogP contribution in [0.1, 0.15) is 19.4 Å².